The molecule has 0 radical (unpaired) electrons. The van der Waals surface area contributed by atoms with E-state index in [9.17, 15) is 4.39 Å². The predicted molar refractivity (Wildman–Crippen MR) is 82.6 cm³/mol. The van der Waals surface area contributed by atoms with Gasteiger partial charge in [0.15, 0.2) is 0 Å². The molecule has 1 aromatic rings. The van der Waals surface area contributed by atoms with Crippen LogP contribution in [-0.4, -0.2) is 37.6 Å². The topological polar surface area (TPSA) is 6.48 Å². The molecule has 106 valence electrons. The zero-order chi connectivity index (χ0) is 13.8. The quantitative estimate of drug-likeness (QED) is 0.778. The van der Waals surface area contributed by atoms with E-state index in [1.165, 1.54) is 12.8 Å². The van der Waals surface area contributed by atoms with Crippen LogP contribution in [0.15, 0.2) is 18.2 Å². The van der Waals surface area contributed by atoms with Gasteiger partial charge in [0.1, 0.15) is 5.82 Å². The summed E-state index contributed by atoms with van der Waals surface area (Å²) in [6, 6.07) is 5.64. The lowest BCUT2D eigenvalue weighted by molar-refractivity contribution is 0.221. The van der Waals surface area contributed by atoms with Crippen molar-refractivity contribution >= 4 is 21.6 Å². The van der Waals surface area contributed by atoms with E-state index in [1.807, 2.05) is 6.07 Å². The Morgan fingerprint density at radius 2 is 2.05 bits per heavy atom. The third kappa shape index (κ3) is 3.48. The number of rotatable bonds is 4. The van der Waals surface area contributed by atoms with Crippen LogP contribution in [0.1, 0.15) is 25.3 Å². The predicted octanol–water partition coefficient (Wildman–Crippen LogP) is 3.64. The summed E-state index contributed by atoms with van der Waals surface area (Å²) in [6.45, 7) is 5.68. The lowest BCUT2D eigenvalue weighted by atomic mass is 10.0. The molecule has 0 saturated carbocycles. The number of halogens is 2. The second kappa shape index (κ2) is 6.71. The fourth-order valence-corrected chi connectivity index (χ4v) is 3.27. The summed E-state index contributed by atoms with van der Waals surface area (Å²) in [5.74, 6) is -0.160. The third-order valence-corrected chi connectivity index (χ3v) is 4.72. The maximum atomic E-state index is 13.3. The van der Waals surface area contributed by atoms with Gasteiger partial charge >= 0.3 is 0 Å². The van der Waals surface area contributed by atoms with Gasteiger partial charge in [0.25, 0.3) is 0 Å². The number of anilines is 1. The van der Waals surface area contributed by atoms with E-state index in [2.05, 4.69) is 39.7 Å². The molecule has 0 atom stereocenters. The van der Waals surface area contributed by atoms with Crippen molar-refractivity contribution in [2.24, 2.45) is 0 Å². The molecule has 0 spiro atoms. The van der Waals surface area contributed by atoms with Crippen LogP contribution in [0.2, 0.25) is 0 Å². The number of hydrogen-bond donors (Lipinski definition) is 0. The lowest BCUT2D eigenvalue weighted by Gasteiger charge is -2.38. The zero-order valence-electron chi connectivity index (χ0n) is 11.7. The van der Waals surface area contributed by atoms with Gasteiger partial charge in [-0.25, -0.2) is 4.39 Å². The highest BCUT2D eigenvalue weighted by Crippen LogP contribution is 2.27. The smallest absolute Gasteiger partial charge is 0.123 e. The Balaban J connectivity index is 2.09. The maximum Gasteiger partial charge on any atom is 0.123 e. The number of nitrogens with zero attached hydrogens (tertiary/aromatic N) is 2. The van der Waals surface area contributed by atoms with Crippen molar-refractivity contribution in [2.75, 3.05) is 31.6 Å². The van der Waals surface area contributed by atoms with Crippen molar-refractivity contribution in [3.8, 4) is 0 Å². The summed E-state index contributed by atoms with van der Waals surface area (Å²) in [4.78, 5) is 4.81. The average Bonchev–Trinajstić information content (AvgIpc) is 2.46. The van der Waals surface area contributed by atoms with Gasteiger partial charge in [-0.1, -0.05) is 22.9 Å². The highest BCUT2D eigenvalue weighted by Gasteiger charge is 2.23. The summed E-state index contributed by atoms with van der Waals surface area (Å²) in [5, 5.41) is 0.693. The molecule has 1 saturated heterocycles. The van der Waals surface area contributed by atoms with Crippen LogP contribution in [0, 0.1) is 5.82 Å². The Kier molecular flexibility index (Phi) is 5.22. The van der Waals surface area contributed by atoms with E-state index in [0.29, 0.717) is 11.4 Å². The summed E-state index contributed by atoms with van der Waals surface area (Å²) < 4.78 is 13.3. The van der Waals surface area contributed by atoms with Crippen molar-refractivity contribution in [3.05, 3.63) is 29.6 Å². The Bertz CT molecular complexity index is 417. The molecule has 0 aromatic heterocycles. The van der Waals surface area contributed by atoms with Crippen LogP contribution in [-0.2, 0) is 5.33 Å². The second-order valence-corrected chi connectivity index (χ2v) is 5.74. The standard InChI is InChI=1S/C15H22BrFN2/c1-3-19-8-6-14(7-9-19)18(2)15-5-4-13(17)10-12(15)11-16/h4-5,10,14H,3,6-9,11H2,1-2H3. The first-order valence-corrected chi connectivity index (χ1v) is 8.07. The van der Waals surface area contributed by atoms with Gasteiger partial charge in [-0.15, -0.1) is 0 Å². The normalized spacial score (nSPS) is 17.7. The zero-order valence-corrected chi connectivity index (χ0v) is 13.3. The minimum absolute atomic E-state index is 0.160. The minimum atomic E-state index is -0.160. The van der Waals surface area contributed by atoms with Crippen molar-refractivity contribution in [1.29, 1.82) is 0 Å². The second-order valence-electron chi connectivity index (χ2n) is 5.18. The Labute approximate surface area is 123 Å². The maximum absolute atomic E-state index is 13.3. The Morgan fingerprint density at radius 3 is 2.63 bits per heavy atom. The molecular formula is C15H22BrFN2. The summed E-state index contributed by atoms with van der Waals surface area (Å²) in [7, 11) is 2.13. The first-order chi connectivity index (χ1) is 9.15. The van der Waals surface area contributed by atoms with Gasteiger partial charge in [-0.05, 0) is 43.1 Å². The fraction of sp³-hybridized carbons (Fsp3) is 0.600. The molecule has 1 fully saturated rings. The monoisotopic (exact) mass is 328 g/mol. The highest BCUT2D eigenvalue weighted by molar-refractivity contribution is 9.08. The van der Waals surface area contributed by atoms with Crippen LogP contribution < -0.4 is 4.90 Å². The number of alkyl halides is 1. The molecule has 2 nitrogen and oxygen atoms in total. The molecule has 1 heterocycles. The van der Waals surface area contributed by atoms with E-state index in [4.69, 9.17) is 0 Å². The molecule has 0 bridgehead atoms. The molecule has 1 aromatic carbocycles. The molecule has 0 aliphatic carbocycles. The number of likely N-dealkylation sites (tertiary alicyclic amines) is 1. The van der Waals surface area contributed by atoms with E-state index < -0.39 is 0 Å². The SMILES string of the molecule is CCN1CCC(N(C)c2ccc(F)cc2CBr)CC1. The van der Waals surface area contributed by atoms with Gasteiger partial charge < -0.3 is 9.80 Å². The number of benzene rings is 1. The van der Waals surface area contributed by atoms with Crippen LogP contribution in [0.5, 0.6) is 0 Å². The van der Waals surface area contributed by atoms with Crippen molar-refractivity contribution in [3.63, 3.8) is 0 Å². The Morgan fingerprint density at radius 1 is 1.37 bits per heavy atom. The third-order valence-electron chi connectivity index (χ3n) is 4.12. The molecule has 0 unspecified atom stereocenters. The van der Waals surface area contributed by atoms with Gasteiger partial charge in [0, 0.05) is 37.2 Å². The minimum Gasteiger partial charge on any atom is -0.371 e. The molecule has 4 heteroatoms. The van der Waals surface area contributed by atoms with Crippen LogP contribution in [0.3, 0.4) is 0 Å². The van der Waals surface area contributed by atoms with Gasteiger partial charge in [0.05, 0.1) is 0 Å². The van der Waals surface area contributed by atoms with Gasteiger partial charge in [0.2, 0.25) is 0 Å². The summed E-state index contributed by atoms with van der Waals surface area (Å²) >= 11 is 3.45. The van der Waals surface area contributed by atoms with Crippen LogP contribution >= 0.6 is 15.9 Å². The Hall–Kier alpha value is -0.610. The molecule has 1 aliphatic heterocycles. The number of hydrogen-bond acceptors (Lipinski definition) is 2. The van der Waals surface area contributed by atoms with E-state index >= 15 is 0 Å². The van der Waals surface area contributed by atoms with E-state index in [0.717, 1.165) is 30.9 Å². The van der Waals surface area contributed by atoms with Crippen molar-refractivity contribution in [2.45, 2.75) is 31.1 Å². The molecule has 0 N–H and O–H groups in total. The van der Waals surface area contributed by atoms with E-state index in [-0.39, 0.29) is 5.82 Å². The highest BCUT2D eigenvalue weighted by atomic mass is 79.9. The first kappa shape index (κ1) is 14.8. The van der Waals surface area contributed by atoms with Crippen molar-refractivity contribution < 1.29 is 4.39 Å². The molecule has 0 amide bonds. The molecule has 19 heavy (non-hydrogen) atoms. The van der Waals surface area contributed by atoms with E-state index in [1.54, 1.807) is 12.1 Å². The van der Waals surface area contributed by atoms with Gasteiger partial charge in [-0.3, -0.25) is 0 Å². The molecular weight excluding hydrogens is 307 g/mol. The summed E-state index contributed by atoms with van der Waals surface area (Å²) in [6.07, 6.45) is 2.37. The van der Waals surface area contributed by atoms with Gasteiger partial charge in [-0.2, -0.15) is 0 Å². The van der Waals surface area contributed by atoms with Crippen LogP contribution in [0.4, 0.5) is 10.1 Å². The number of piperidine rings is 1. The fourth-order valence-electron chi connectivity index (χ4n) is 2.82. The largest absolute Gasteiger partial charge is 0.371 e. The van der Waals surface area contributed by atoms with Crippen molar-refractivity contribution in [1.82, 2.24) is 4.90 Å². The molecule has 2 rings (SSSR count). The molecule has 1 aliphatic rings. The first-order valence-electron chi connectivity index (χ1n) is 6.95. The average molecular weight is 329 g/mol. The lowest BCUT2D eigenvalue weighted by Crippen LogP contribution is -2.43. The van der Waals surface area contributed by atoms with Crippen LogP contribution in [0.25, 0.3) is 0 Å². The summed E-state index contributed by atoms with van der Waals surface area (Å²) in [5.41, 5.74) is 2.17.